The molecule has 2 N–H and O–H groups in total. The molecule has 3 atom stereocenters. The SMILES string of the molecule is CO[C@H]1C[C@@H](O)[C@@H](O)CO1. The van der Waals surface area contributed by atoms with Gasteiger partial charge in [0.05, 0.1) is 12.7 Å². The molecule has 1 heterocycles. The Labute approximate surface area is 59.4 Å². The molecule has 0 saturated carbocycles. The molecule has 0 spiro atoms. The number of aliphatic hydroxyl groups is 2. The van der Waals surface area contributed by atoms with E-state index in [0.29, 0.717) is 6.42 Å². The minimum Gasteiger partial charge on any atom is -0.390 e. The van der Waals surface area contributed by atoms with Crippen LogP contribution in [0.3, 0.4) is 0 Å². The van der Waals surface area contributed by atoms with Crippen LogP contribution in [-0.2, 0) is 9.47 Å². The first-order chi connectivity index (χ1) is 4.74. The summed E-state index contributed by atoms with van der Waals surface area (Å²) in [6.07, 6.45) is -1.49. The van der Waals surface area contributed by atoms with Crippen LogP contribution in [0.5, 0.6) is 0 Å². The molecule has 4 nitrogen and oxygen atoms in total. The Bertz CT molecular complexity index is 106. The second kappa shape index (κ2) is 3.30. The molecule has 0 radical (unpaired) electrons. The molecule has 0 bridgehead atoms. The van der Waals surface area contributed by atoms with Crippen LogP contribution in [0.2, 0.25) is 0 Å². The van der Waals surface area contributed by atoms with Gasteiger partial charge in [-0.2, -0.15) is 0 Å². The largest absolute Gasteiger partial charge is 0.390 e. The molecule has 0 unspecified atom stereocenters. The van der Waals surface area contributed by atoms with Gasteiger partial charge in [0.1, 0.15) is 6.10 Å². The zero-order valence-electron chi connectivity index (χ0n) is 5.86. The molecule has 1 fully saturated rings. The van der Waals surface area contributed by atoms with Crippen LogP contribution in [0.1, 0.15) is 6.42 Å². The third-order valence-electron chi connectivity index (χ3n) is 1.59. The van der Waals surface area contributed by atoms with Gasteiger partial charge in [0.15, 0.2) is 6.29 Å². The summed E-state index contributed by atoms with van der Waals surface area (Å²) in [6, 6.07) is 0. The van der Waals surface area contributed by atoms with E-state index in [1.165, 1.54) is 7.11 Å². The number of ether oxygens (including phenoxy) is 2. The van der Waals surface area contributed by atoms with Crippen molar-refractivity contribution in [2.24, 2.45) is 0 Å². The maximum absolute atomic E-state index is 9.07. The van der Waals surface area contributed by atoms with Gasteiger partial charge in [-0.3, -0.25) is 0 Å². The van der Waals surface area contributed by atoms with E-state index in [0.717, 1.165) is 0 Å². The highest BCUT2D eigenvalue weighted by atomic mass is 16.7. The normalized spacial score (nSPS) is 41.7. The fourth-order valence-corrected chi connectivity index (χ4v) is 0.904. The molecule has 1 aliphatic rings. The fourth-order valence-electron chi connectivity index (χ4n) is 0.904. The summed E-state index contributed by atoms with van der Waals surface area (Å²) in [5.74, 6) is 0. The van der Waals surface area contributed by atoms with Gasteiger partial charge in [0.2, 0.25) is 0 Å². The fraction of sp³-hybridized carbons (Fsp3) is 1.00. The highest BCUT2D eigenvalue weighted by Crippen LogP contribution is 2.14. The van der Waals surface area contributed by atoms with Crippen LogP contribution >= 0.6 is 0 Å². The van der Waals surface area contributed by atoms with E-state index in [1.807, 2.05) is 0 Å². The first kappa shape index (κ1) is 7.94. The van der Waals surface area contributed by atoms with Crippen molar-refractivity contribution < 1.29 is 19.7 Å². The summed E-state index contributed by atoms with van der Waals surface area (Å²) >= 11 is 0. The maximum atomic E-state index is 9.07. The average Bonchev–Trinajstić information content (AvgIpc) is 1.95. The van der Waals surface area contributed by atoms with E-state index < -0.39 is 12.2 Å². The quantitative estimate of drug-likeness (QED) is 0.506. The van der Waals surface area contributed by atoms with Crippen molar-refractivity contribution >= 4 is 0 Å². The van der Waals surface area contributed by atoms with Gasteiger partial charge in [-0.1, -0.05) is 0 Å². The van der Waals surface area contributed by atoms with E-state index in [2.05, 4.69) is 0 Å². The topological polar surface area (TPSA) is 58.9 Å². The third kappa shape index (κ3) is 1.67. The zero-order chi connectivity index (χ0) is 7.56. The molecule has 0 aromatic rings. The van der Waals surface area contributed by atoms with Crippen molar-refractivity contribution in [2.45, 2.75) is 24.9 Å². The third-order valence-corrected chi connectivity index (χ3v) is 1.59. The second-order valence-electron chi connectivity index (χ2n) is 2.37. The van der Waals surface area contributed by atoms with Crippen molar-refractivity contribution in [1.29, 1.82) is 0 Å². The summed E-state index contributed by atoms with van der Waals surface area (Å²) in [5, 5.41) is 18.0. The highest BCUT2D eigenvalue weighted by molar-refractivity contribution is 4.72. The van der Waals surface area contributed by atoms with Gasteiger partial charge in [0.25, 0.3) is 0 Å². The first-order valence-corrected chi connectivity index (χ1v) is 3.24. The Morgan fingerprint density at radius 1 is 1.40 bits per heavy atom. The lowest BCUT2D eigenvalue weighted by molar-refractivity contribution is -0.206. The molecule has 0 aliphatic carbocycles. The van der Waals surface area contributed by atoms with Crippen LogP contribution < -0.4 is 0 Å². The van der Waals surface area contributed by atoms with E-state index in [-0.39, 0.29) is 12.9 Å². The molecule has 1 rings (SSSR count). The van der Waals surface area contributed by atoms with Crippen molar-refractivity contribution in [1.82, 2.24) is 0 Å². The highest BCUT2D eigenvalue weighted by Gasteiger charge is 2.27. The molecule has 0 aromatic heterocycles. The van der Waals surface area contributed by atoms with Crippen molar-refractivity contribution in [3.05, 3.63) is 0 Å². The predicted octanol–water partition coefficient (Wildman–Crippen LogP) is -0.899. The smallest absolute Gasteiger partial charge is 0.159 e. The molecule has 0 amide bonds. The number of hydrogen-bond donors (Lipinski definition) is 2. The number of methoxy groups -OCH3 is 1. The van der Waals surface area contributed by atoms with Gasteiger partial charge in [-0.05, 0) is 0 Å². The van der Waals surface area contributed by atoms with Gasteiger partial charge in [-0.25, -0.2) is 0 Å². The molecule has 1 saturated heterocycles. The summed E-state index contributed by atoms with van der Waals surface area (Å²) in [7, 11) is 1.51. The first-order valence-electron chi connectivity index (χ1n) is 3.24. The Kier molecular flexibility index (Phi) is 2.62. The molecule has 60 valence electrons. The van der Waals surface area contributed by atoms with E-state index in [1.54, 1.807) is 0 Å². The van der Waals surface area contributed by atoms with Crippen LogP contribution in [0.4, 0.5) is 0 Å². The van der Waals surface area contributed by atoms with Crippen LogP contribution in [0.25, 0.3) is 0 Å². The number of aliphatic hydroxyl groups excluding tert-OH is 2. The van der Waals surface area contributed by atoms with Crippen LogP contribution in [-0.4, -0.2) is 42.4 Å². The average molecular weight is 148 g/mol. The Balaban J connectivity index is 2.33. The second-order valence-corrected chi connectivity index (χ2v) is 2.37. The van der Waals surface area contributed by atoms with Crippen molar-refractivity contribution in [3.8, 4) is 0 Å². The molecule has 0 aromatic carbocycles. The van der Waals surface area contributed by atoms with Crippen LogP contribution in [0.15, 0.2) is 0 Å². The van der Waals surface area contributed by atoms with E-state index in [4.69, 9.17) is 19.7 Å². The van der Waals surface area contributed by atoms with E-state index >= 15 is 0 Å². The van der Waals surface area contributed by atoms with E-state index in [9.17, 15) is 0 Å². The number of rotatable bonds is 1. The van der Waals surface area contributed by atoms with Gasteiger partial charge < -0.3 is 19.7 Å². The lowest BCUT2D eigenvalue weighted by atomic mass is 10.1. The molecular formula is C6H12O4. The zero-order valence-corrected chi connectivity index (χ0v) is 5.86. The van der Waals surface area contributed by atoms with Crippen LogP contribution in [0, 0.1) is 0 Å². The number of hydrogen-bond acceptors (Lipinski definition) is 4. The Morgan fingerprint density at radius 3 is 2.60 bits per heavy atom. The minimum atomic E-state index is -0.758. The summed E-state index contributed by atoms with van der Waals surface area (Å²) in [6.45, 7) is 0.152. The maximum Gasteiger partial charge on any atom is 0.159 e. The Hall–Kier alpha value is -0.160. The lowest BCUT2D eigenvalue weighted by Gasteiger charge is -2.29. The Morgan fingerprint density at radius 2 is 2.10 bits per heavy atom. The minimum absolute atomic E-state index is 0.152. The molecule has 4 heteroatoms. The van der Waals surface area contributed by atoms with Crippen molar-refractivity contribution in [3.63, 3.8) is 0 Å². The molecule has 10 heavy (non-hydrogen) atoms. The summed E-state index contributed by atoms with van der Waals surface area (Å²) in [5.41, 5.74) is 0. The molecular weight excluding hydrogens is 136 g/mol. The standard InChI is InChI=1S/C6H12O4/c1-9-6-2-4(7)5(8)3-10-6/h4-8H,2-3H2,1H3/t4-,5+,6-/m1/s1. The van der Waals surface area contributed by atoms with Gasteiger partial charge in [-0.15, -0.1) is 0 Å². The lowest BCUT2D eigenvalue weighted by Crippen LogP contribution is -2.41. The van der Waals surface area contributed by atoms with Gasteiger partial charge in [0, 0.05) is 13.5 Å². The molecule has 1 aliphatic heterocycles. The van der Waals surface area contributed by atoms with Crippen molar-refractivity contribution in [2.75, 3.05) is 13.7 Å². The summed E-state index contributed by atoms with van der Waals surface area (Å²) < 4.78 is 9.79. The monoisotopic (exact) mass is 148 g/mol. The van der Waals surface area contributed by atoms with Gasteiger partial charge >= 0.3 is 0 Å². The summed E-state index contributed by atoms with van der Waals surface area (Å²) in [4.78, 5) is 0. The predicted molar refractivity (Wildman–Crippen MR) is 33.4 cm³/mol.